The molecule has 5 heteroatoms. The maximum Gasteiger partial charge on any atom is 0.315 e. The maximum atomic E-state index is 11.4. The van der Waals surface area contributed by atoms with Gasteiger partial charge < -0.3 is 15.7 Å². The molecule has 4 nitrogen and oxygen atoms in total. The minimum Gasteiger partial charge on any atom is -0.394 e. The van der Waals surface area contributed by atoms with E-state index >= 15 is 0 Å². The van der Waals surface area contributed by atoms with Crippen LogP contribution in [-0.2, 0) is 6.42 Å². The van der Waals surface area contributed by atoms with Gasteiger partial charge in [-0.25, -0.2) is 4.79 Å². The van der Waals surface area contributed by atoms with Crippen LogP contribution in [0.4, 0.5) is 4.79 Å². The van der Waals surface area contributed by atoms with Crippen LogP contribution in [0, 0.1) is 5.92 Å². The second-order valence-corrected chi connectivity index (χ2v) is 5.36. The molecule has 3 N–H and O–H groups in total. The van der Waals surface area contributed by atoms with Crippen LogP contribution in [-0.4, -0.2) is 30.3 Å². The van der Waals surface area contributed by atoms with Crippen LogP contribution >= 0.6 is 11.3 Å². The largest absolute Gasteiger partial charge is 0.394 e. The molecule has 0 bridgehead atoms. The van der Waals surface area contributed by atoms with Crippen LogP contribution in [0.5, 0.6) is 0 Å². The molecule has 0 aliphatic carbocycles. The van der Waals surface area contributed by atoms with Crippen molar-refractivity contribution in [1.82, 2.24) is 10.6 Å². The molecule has 2 atom stereocenters. The van der Waals surface area contributed by atoms with Crippen LogP contribution in [0.1, 0.15) is 18.7 Å². The Kier molecular flexibility index (Phi) is 6.00. The van der Waals surface area contributed by atoms with Gasteiger partial charge in [-0.05, 0) is 30.7 Å². The highest BCUT2D eigenvalue weighted by Crippen LogP contribution is 2.13. The van der Waals surface area contributed by atoms with E-state index in [-0.39, 0.29) is 18.7 Å². The number of carbonyl (C=O) groups is 1. The van der Waals surface area contributed by atoms with Crippen molar-refractivity contribution < 1.29 is 9.90 Å². The number of thiophene rings is 1. The fourth-order valence-electron chi connectivity index (χ4n) is 1.43. The van der Waals surface area contributed by atoms with Gasteiger partial charge in [0.25, 0.3) is 0 Å². The second-order valence-electron chi connectivity index (χ2n) is 4.33. The molecule has 96 valence electrons. The van der Waals surface area contributed by atoms with Crippen LogP contribution in [0.3, 0.4) is 0 Å². The number of rotatable bonds is 6. The van der Waals surface area contributed by atoms with E-state index in [2.05, 4.69) is 29.0 Å². The number of nitrogens with one attached hydrogen (secondary N) is 2. The van der Waals surface area contributed by atoms with Crippen molar-refractivity contribution >= 4 is 17.4 Å². The molecule has 0 radical (unpaired) electrons. The van der Waals surface area contributed by atoms with Crippen molar-refractivity contribution in [3.05, 3.63) is 22.4 Å². The van der Waals surface area contributed by atoms with Crippen molar-refractivity contribution in [2.24, 2.45) is 5.92 Å². The molecule has 2 amide bonds. The van der Waals surface area contributed by atoms with Gasteiger partial charge in [0.05, 0.1) is 12.6 Å². The summed E-state index contributed by atoms with van der Waals surface area (Å²) >= 11 is 1.74. The topological polar surface area (TPSA) is 61.4 Å². The number of urea groups is 1. The van der Waals surface area contributed by atoms with Crippen LogP contribution in [0.2, 0.25) is 0 Å². The molecule has 0 saturated carbocycles. The lowest BCUT2D eigenvalue weighted by atomic mass is 10.1. The summed E-state index contributed by atoms with van der Waals surface area (Å²) in [6, 6.07) is 3.72. The molecule has 1 heterocycles. The van der Waals surface area contributed by atoms with E-state index in [1.807, 2.05) is 6.07 Å². The van der Waals surface area contributed by atoms with E-state index in [0.717, 1.165) is 6.42 Å². The molecule has 0 aromatic carbocycles. The van der Waals surface area contributed by atoms with Gasteiger partial charge in [-0.15, -0.1) is 11.3 Å². The van der Waals surface area contributed by atoms with Crippen LogP contribution in [0.25, 0.3) is 0 Å². The Balaban J connectivity index is 2.19. The number of amides is 2. The third-order valence-electron chi connectivity index (χ3n) is 2.39. The lowest BCUT2D eigenvalue weighted by Gasteiger charge is -2.15. The first-order chi connectivity index (χ1) is 8.11. The van der Waals surface area contributed by atoms with E-state index in [4.69, 9.17) is 5.11 Å². The smallest absolute Gasteiger partial charge is 0.315 e. The molecular formula is C12H20N2O2S. The molecule has 0 aliphatic heterocycles. The second kappa shape index (κ2) is 7.29. The quantitative estimate of drug-likeness (QED) is 0.724. The van der Waals surface area contributed by atoms with Gasteiger partial charge in [-0.3, -0.25) is 0 Å². The average Bonchev–Trinajstić information content (AvgIpc) is 2.79. The number of carbonyl (C=O) groups excluding carboxylic acids is 1. The van der Waals surface area contributed by atoms with Gasteiger partial charge in [0.15, 0.2) is 0 Å². The summed E-state index contributed by atoms with van der Waals surface area (Å²) in [7, 11) is 0. The van der Waals surface area contributed by atoms with Crippen molar-refractivity contribution in [2.45, 2.75) is 26.3 Å². The third kappa shape index (κ3) is 5.70. The van der Waals surface area contributed by atoms with E-state index in [0.29, 0.717) is 12.5 Å². The number of aliphatic hydroxyl groups excluding tert-OH is 1. The Labute approximate surface area is 106 Å². The molecule has 1 aromatic heterocycles. The molecule has 1 rings (SSSR count). The van der Waals surface area contributed by atoms with Gasteiger partial charge in [-0.1, -0.05) is 13.0 Å². The Morgan fingerprint density at radius 2 is 2.29 bits per heavy atom. The van der Waals surface area contributed by atoms with E-state index in [1.165, 1.54) is 4.88 Å². The van der Waals surface area contributed by atoms with E-state index in [1.54, 1.807) is 18.3 Å². The summed E-state index contributed by atoms with van der Waals surface area (Å²) in [5, 5.41) is 16.3. The van der Waals surface area contributed by atoms with E-state index in [9.17, 15) is 4.79 Å². The highest BCUT2D eigenvalue weighted by Gasteiger charge is 2.08. The number of hydrogen-bond acceptors (Lipinski definition) is 3. The lowest BCUT2D eigenvalue weighted by molar-refractivity contribution is 0.219. The zero-order chi connectivity index (χ0) is 12.7. The molecule has 17 heavy (non-hydrogen) atoms. The summed E-state index contributed by atoms with van der Waals surface area (Å²) in [5.41, 5.74) is 0. The molecule has 0 aliphatic rings. The van der Waals surface area contributed by atoms with Gasteiger partial charge in [0.2, 0.25) is 0 Å². The molecule has 1 aromatic rings. The summed E-state index contributed by atoms with van der Waals surface area (Å²) in [5.74, 6) is 0.406. The minimum atomic E-state index is -0.218. The van der Waals surface area contributed by atoms with Crippen molar-refractivity contribution in [3.63, 3.8) is 0 Å². The maximum absolute atomic E-state index is 11.4. The molecule has 0 fully saturated rings. The van der Waals surface area contributed by atoms with Crippen molar-refractivity contribution in [1.29, 1.82) is 0 Å². The van der Waals surface area contributed by atoms with Gasteiger partial charge in [-0.2, -0.15) is 0 Å². The molecule has 0 saturated heterocycles. The van der Waals surface area contributed by atoms with E-state index < -0.39 is 0 Å². The zero-order valence-corrected chi connectivity index (χ0v) is 11.1. The predicted octanol–water partition coefficient (Wildman–Crippen LogP) is 1.61. The average molecular weight is 256 g/mol. The number of hydrogen-bond donors (Lipinski definition) is 3. The summed E-state index contributed by atoms with van der Waals surface area (Å²) in [6.45, 7) is 4.46. The number of aliphatic hydroxyl groups is 1. The fraction of sp³-hybridized carbons (Fsp3) is 0.583. The molecule has 0 spiro atoms. The Morgan fingerprint density at radius 3 is 2.88 bits per heavy atom. The zero-order valence-electron chi connectivity index (χ0n) is 10.3. The highest BCUT2D eigenvalue weighted by atomic mass is 32.1. The third-order valence-corrected chi connectivity index (χ3v) is 3.29. The monoisotopic (exact) mass is 256 g/mol. The molecule has 0 unspecified atom stereocenters. The summed E-state index contributed by atoms with van der Waals surface area (Å²) in [6.07, 6.45) is 0.980. The minimum absolute atomic E-state index is 0.0435. The first-order valence-electron chi connectivity index (χ1n) is 5.79. The van der Waals surface area contributed by atoms with Crippen LogP contribution < -0.4 is 10.6 Å². The van der Waals surface area contributed by atoms with Gasteiger partial charge in [0.1, 0.15) is 0 Å². The lowest BCUT2D eigenvalue weighted by Crippen LogP contribution is -2.43. The van der Waals surface area contributed by atoms with Gasteiger partial charge in [0, 0.05) is 11.4 Å². The summed E-state index contributed by atoms with van der Waals surface area (Å²) in [4.78, 5) is 12.7. The standard InChI is InChI=1S/C12H20N2O2S/c1-9(6-11-4-3-5-17-11)7-13-12(16)14-10(2)8-15/h3-5,9-10,15H,6-8H2,1-2H3,(H2,13,14,16)/t9-,10+/m0/s1. The Hall–Kier alpha value is -1.07. The van der Waals surface area contributed by atoms with Crippen molar-refractivity contribution in [2.75, 3.05) is 13.2 Å². The van der Waals surface area contributed by atoms with Gasteiger partial charge >= 0.3 is 6.03 Å². The summed E-state index contributed by atoms with van der Waals surface area (Å²) < 4.78 is 0. The van der Waals surface area contributed by atoms with Crippen LogP contribution in [0.15, 0.2) is 17.5 Å². The Bertz CT molecular complexity index is 327. The highest BCUT2D eigenvalue weighted by molar-refractivity contribution is 7.09. The predicted molar refractivity (Wildman–Crippen MR) is 70.3 cm³/mol. The van der Waals surface area contributed by atoms with Crippen molar-refractivity contribution in [3.8, 4) is 0 Å². The Morgan fingerprint density at radius 1 is 1.53 bits per heavy atom. The first kappa shape index (κ1) is 14.0. The SMILES string of the molecule is C[C@H](CNC(=O)N[C@H](C)CO)Cc1cccs1. The fourth-order valence-corrected chi connectivity index (χ4v) is 2.30. The normalized spacial score (nSPS) is 14.1. The first-order valence-corrected chi connectivity index (χ1v) is 6.67. The molecular weight excluding hydrogens is 236 g/mol.